The van der Waals surface area contributed by atoms with Crippen molar-refractivity contribution in [1.82, 2.24) is 0 Å². The molecule has 0 saturated heterocycles. The molecule has 0 aromatic heterocycles. The van der Waals surface area contributed by atoms with Crippen molar-refractivity contribution in [2.45, 2.75) is 46.5 Å². The van der Waals surface area contributed by atoms with E-state index in [0.717, 1.165) is 18.8 Å². The van der Waals surface area contributed by atoms with E-state index in [4.69, 9.17) is 4.74 Å². The van der Waals surface area contributed by atoms with E-state index in [2.05, 4.69) is 39.0 Å². The van der Waals surface area contributed by atoms with Gasteiger partial charge in [-0.15, -0.1) is 0 Å². The Bertz CT molecular complexity index is 321. The maximum Gasteiger partial charge on any atom is 0.126 e. The van der Waals surface area contributed by atoms with Crippen molar-refractivity contribution < 1.29 is 4.74 Å². The summed E-state index contributed by atoms with van der Waals surface area (Å²) in [5.41, 5.74) is 2.89. The van der Waals surface area contributed by atoms with Crippen LogP contribution in [-0.4, -0.2) is 6.61 Å². The fraction of sp³-hybridized carbons (Fsp3) is 0.571. The number of hydrogen-bond donors (Lipinski definition) is 0. The molecule has 1 aliphatic heterocycles. The summed E-state index contributed by atoms with van der Waals surface area (Å²) < 4.78 is 5.66. The Kier molecular flexibility index (Phi) is 3.78. The summed E-state index contributed by atoms with van der Waals surface area (Å²) in [5.74, 6) is 1.13. The van der Waals surface area contributed by atoms with Crippen LogP contribution in [0.15, 0.2) is 18.2 Å². The Hall–Kier alpha value is -0.980. The Morgan fingerprint density at radius 1 is 1.13 bits per heavy atom. The van der Waals surface area contributed by atoms with Crippen LogP contribution in [0.25, 0.3) is 0 Å². The molecular weight excluding hydrogens is 184 g/mol. The summed E-state index contributed by atoms with van der Waals surface area (Å²) in [7, 11) is 0. The molecule has 0 fully saturated rings. The lowest BCUT2D eigenvalue weighted by molar-refractivity contribution is 0.347. The van der Waals surface area contributed by atoms with Gasteiger partial charge in [-0.25, -0.2) is 0 Å². The lowest BCUT2D eigenvalue weighted by Gasteiger charge is -2.21. The standard InChI is InChI=1S/C12H16O.C2H6/c1-12(2,3)10-6-4-5-9-7-8-13-11(9)10;1-2/h4-6H,7-8H2,1-3H3;1-2H3. The molecule has 1 aromatic carbocycles. The topological polar surface area (TPSA) is 9.23 Å². The maximum absolute atomic E-state index is 5.66. The van der Waals surface area contributed by atoms with Gasteiger partial charge in [0.25, 0.3) is 0 Å². The highest BCUT2D eigenvalue weighted by molar-refractivity contribution is 5.47. The first-order valence-corrected chi connectivity index (χ1v) is 5.84. The average Bonchev–Trinajstić information content (AvgIpc) is 2.66. The van der Waals surface area contributed by atoms with Gasteiger partial charge in [-0.05, 0) is 16.5 Å². The van der Waals surface area contributed by atoms with Gasteiger partial charge in [0.2, 0.25) is 0 Å². The van der Waals surface area contributed by atoms with Gasteiger partial charge in [-0.3, -0.25) is 0 Å². The number of rotatable bonds is 0. The van der Waals surface area contributed by atoms with Gasteiger partial charge in [0, 0.05) is 6.42 Å². The Balaban J connectivity index is 0.000000531. The zero-order chi connectivity index (χ0) is 11.5. The Morgan fingerprint density at radius 2 is 1.80 bits per heavy atom. The first-order valence-electron chi connectivity index (χ1n) is 5.84. The summed E-state index contributed by atoms with van der Waals surface area (Å²) in [6.45, 7) is 11.5. The molecule has 0 spiro atoms. The second-order valence-electron chi connectivity index (χ2n) is 4.64. The van der Waals surface area contributed by atoms with Gasteiger partial charge in [0.15, 0.2) is 0 Å². The van der Waals surface area contributed by atoms with Crippen molar-refractivity contribution in [2.75, 3.05) is 6.61 Å². The van der Waals surface area contributed by atoms with Crippen molar-refractivity contribution in [3.05, 3.63) is 29.3 Å². The quantitative estimate of drug-likeness (QED) is 0.624. The predicted molar refractivity (Wildman–Crippen MR) is 65.7 cm³/mol. The number of hydrogen-bond acceptors (Lipinski definition) is 1. The normalized spacial score (nSPS) is 13.7. The average molecular weight is 206 g/mol. The summed E-state index contributed by atoms with van der Waals surface area (Å²) >= 11 is 0. The van der Waals surface area contributed by atoms with Gasteiger partial charge in [0.1, 0.15) is 5.75 Å². The molecule has 84 valence electrons. The number of benzene rings is 1. The number of fused-ring (bicyclic) bond motifs is 1. The van der Waals surface area contributed by atoms with Crippen LogP contribution in [0.4, 0.5) is 0 Å². The predicted octanol–water partition coefficient (Wildman–Crippen LogP) is 3.95. The minimum absolute atomic E-state index is 0.190. The fourth-order valence-electron chi connectivity index (χ4n) is 1.81. The second-order valence-corrected chi connectivity index (χ2v) is 4.64. The van der Waals surface area contributed by atoms with Gasteiger partial charge in [-0.1, -0.05) is 52.8 Å². The number of para-hydroxylation sites is 1. The highest BCUT2D eigenvalue weighted by atomic mass is 16.5. The monoisotopic (exact) mass is 206 g/mol. The molecule has 0 amide bonds. The third kappa shape index (κ3) is 2.53. The van der Waals surface area contributed by atoms with E-state index in [9.17, 15) is 0 Å². The van der Waals surface area contributed by atoms with Crippen LogP contribution >= 0.6 is 0 Å². The van der Waals surface area contributed by atoms with Gasteiger partial charge < -0.3 is 4.74 Å². The molecule has 1 heterocycles. The Labute approximate surface area is 93.5 Å². The smallest absolute Gasteiger partial charge is 0.126 e. The molecule has 0 atom stereocenters. The molecule has 0 saturated carbocycles. The van der Waals surface area contributed by atoms with Crippen LogP contribution < -0.4 is 4.74 Å². The highest BCUT2D eigenvalue weighted by Crippen LogP contribution is 2.36. The molecule has 0 aliphatic carbocycles. The van der Waals surface area contributed by atoms with E-state index < -0.39 is 0 Å². The SMILES string of the molecule is CC.CC(C)(C)c1cccc2c1OCC2. The van der Waals surface area contributed by atoms with Crippen LogP contribution in [-0.2, 0) is 11.8 Å². The molecule has 0 radical (unpaired) electrons. The molecule has 0 bridgehead atoms. The second kappa shape index (κ2) is 4.69. The molecule has 1 heteroatoms. The molecule has 15 heavy (non-hydrogen) atoms. The van der Waals surface area contributed by atoms with E-state index >= 15 is 0 Å². The van der Waals surface area contributed by atoms with Crippen LogP contribution in [0.3, 0.4) is 0 Å². The Morgan fingerprint density at radius 3 is 2.40 bits per heavy atom. The van der Waals surface area contributed by atoms with Crippen LogP contribution in [0.2, 0.25) is 0 Å². The minimum Gasteiger partial charge on any atom is -0.493 e. The fourth-order valence-corrected chi connectivity index (χ4v) is 1.81. The molecule has 0 N–H and O–H groups in total. The summed E-state index contributed by atoms with van der Waals surface area (Å²) in [6, 6.07) is 6.47. The summed E-state index contributed by atoms with van der Waals surface area (Å²) in [4.78, 5) is 0. The van der Waals surface area contributed by atoms with Crippen molar-refractivity contribution in [3.8, 4) is 5.75 Å². The molecule has 1 aromatic rings. The summed E-state index contributed by atoms with van der Waals surface area (Å²) in [6.07, 6.45) is 1.07. The lowest BCUT2D eigenvalue weighted by Crippen LogP contribution is -2.12. The molecule has 1 aliphatic rings. The highest BCUT2D eigenvalue weighted by Gasteiger charge is 2.23. The van der Waals surface area contributed by atoms with E-state index in [-0.39, 0.29) is 5.41 Å². The van der Waals surface area contributed by atoms with Crippen molar-refractivity contribution >= 4 is 0 Å². The molecule has 1 nitrogen and oxygen atoms in total. The van der Waals surface area contributed by atoms with Crippen molar-refractivity contribution in [2.24, 2.45) is 0 Å². The molecule has 2 rings (SSSR count). The largest absolute Gasteiger partial charge is 0.493 e. The first-order chi connectivity index (χ1) is 7.09. The molecule has 0 unspecified atom stereocenters. The first kappa shape index (κ1) is 12.1. The van der Waals surface area contributed by atoms with Crippen molar-refractivity contribution in [3.63, 3.8) is 0 Å². The van der Waals surface area contributed by atoms with E-state index in [1.54, 1.807) is 0 Å². The zero-order valence-electron chi connectivity index (χ0n) is 10.6. The molecular formula is C14H22O. The van der Waals surface area contributed by atoms with Gasteiger partial charge >= 0.3 is 0 Å². The van der Waals surface area contributed by atoms with Crippen molar-refractivity contribution in [1.29, 1.82) is 0 Å². The zero-order valence-corrected chi connectivity index (χ0v) is 10.6. The van der Waals surface area contributed by atoms with E-state index in [1.807, 2.05) is 13.8 Å². The minimum atomic E-state index is 0.190. The van der Waals surface area contributed by atoms with Gasteiger partial charge in [-0.2, -0.15) is 0 Å². The third-order valence-corrected chi connectivity index (χ3v) is 2.52. The number of ether oxygens (including phenoxy) is 1. The van der Waals surface area contributed by atoms with Gasteiger partial charge in [0.05, 0.1) is 6.61 Å². The van der Waals surface area contributed by atoms with Crippen LogP contribution in [0, 0.1) is 0 Å². The van der Waals surface area contributed by atoms with Crippen LogP contribution in [0.1, 0.15) is 45.7 Å². The lowest BCUT2D eigenvalue weighted by atomic mass is 9.85. The maximum atomic E-state index is 5.66. The van der Waals surface area contributed by atoms with Crippen LogP contribution in [0.5, 0.6) is 5.75 Å². The third-order valence-electron chi connectivity index (χ3n) is 2.52. The van der Waals surface area contributed by atoms with E-state index in [0.29, 0.717) is 0 Å². The summed E-state index contributed by atoms with van der Waals surface area (Å²) in [5, 5.41) is 0. The van der Waals surface area contributed by atoms with E-state index in [1.165, 1.54) is 11.1 Å².